The number of benzene rings is 1. The van der Waals surface area contributed by atoms with E-state index in [4.69, 9.17) is 15.2 Å². The summed E-state index contributed by atoms with van der Waals surface area (Å²) in [6.07, 6.45) is 0. The van der Waals surface area contributed by atoms with Crippen LogP contribution in [0.2, 0.25) is 0 Å². The molecule has 0 bridgehead atoms. The Hall–Kier alpha value is -2.14. The lowest BCUT2D eigenvalue weighted by Crippen LogP contribution is -2.16. The van der Waals surface area contributed by atoms with Crippen LogP contribution >= 0.6 is 0 Å². The third-order valence-corrected chi connectivity index (χ3v) is 3.25. The van der Waals surface area contributed by atoms with Crippen LogP contribution in [0, 0.1) is 13.8 Å². The Bertz CT molecular complexity index is 614. The summed E-state index contributed by atoms with van der Waals surface area (Å²) < 4.78 is 10.6. The van der Waals surface area contributed by atoms with Crippen LogP contribution in [-0.2, 0) is 0 Å². The van der Waals surface area contributed by atoms with Crippen molar-refractivity contribution in [2.75, 3.05) is 14.2 Å². The van der Waals surface area contributed by atoms with Crippen molar-refractivity contribution in [1.82, 2.24) is 10.2 Å². The molecule has 1 aromatic heterocycles. The third kappa shape index (κ3) is 2.72. The van der Waals surface area contributed by atoms with Crippen LogP contribution in [0.3, 0.4) is 0 Å². The Kier molecular flexibility index (Phi) is 4.20. The molecule has 0 amide bonds. The van der Waals surface area contributed by atoms with Crippen LogP contribution in [0.4, 0.5) is 0 Å². The van der Waals surface area contributed by atoms with E-state index >= 15 is 0 Å². The van der Waals surface area contributed by atoms with Gasteiger partial charge in [0, 0.05) is 5.56 Å². The number of hydrogen-bond donors (Lipinski definition) is 1. The Labute approximate surface area is 118 Å². The Morgan fingerprint density at radius 2 is 1.75 bits per heavy atom. The number of nitrogens with zero attached hydrogens (tertiary/aromatic N) is 2. The minimum absolute atomic E-state index is 0.339. The predicted molar refractivity (Wildman–Crippen MR) is 77.1 cm³/mol. The summed E-state index contributed by atoms with van der Waals surface area (Å²) >= 11 is 0. The number of methoxy groups -OCH3 is 2. The van der Waals surface area contributed by atoms with Crippen molar-refractivity contribution in [2.45, 2.75) is 19.9 Å². The smallest absolute Gasteiger partial charge is 0.124 e. The maximum Gasteiger partial charge on any atom is 0.124 e. The number of hydrogen-bond acceptors (Lipinski definition) is 5. The van der Waals surface area contributed by atoms with Crippen molar-refractivity contribution in [3.05, 3.63) is 46.8 Å². The standard InChI is InChI=1S/C15H19N3O2/c1-9-7-12(10(2)18-17-9)15(16)13-8-11(19-3)5-6-14(13)20-4/h5-8,15H,16H2,1-4H3. The largest absolute Gasteiger partial charge is 0.497 e. The highest BCUT2D eigenvalue weighted by atomic mass is 16.5. The Morgan fingerprint density at radius 1 is 1.00 bits per heavy atom. The molecule has 0 aliphatic rings. The summed E-state index contributed by atoms with van der Waals surface area (Å²) in [6.45, 7) is 3.79. The minimum Gasteiger partial charge on any atom is -0.497 e. The molecule has 1 heterocycles. The quantitative estimate of drug-likeness (QED) is 0.924. The van der Waals surface area contributed by atoms with Gasteiger partial charge in [0.1, 0.15) is 11.5 Å². The van der Waals surface area contributed by atoms with Gasteiger partial charge in [-0.25, -0.2) is 0 Å². The molecule has 1 unspecified atom stereocenters. The molecule has 5 heteroatoms. The summed E-state index contributed by atoms with van der Waals surface area (Å²) in [5.74, 6) is 1.47. The van der Waals surface area contributed by atoms with E-state index in [1.807, 2.05) is 38.1 Å². The van der Waals surface area contributed by atoms with Gasteiger partial charge in [-0.15, -0.1) is 0 Å². The summed E-state index contributed by atoms with van der Waals surface area (Å²) in [6, 6.07) is 7.20. The van der Waals surface area contributed by atoms with E-state index < -0.39 is 0 Å². The first-order chi connectivity index (χ1) is 9.56. The fourth-order valence-electron chi connectivity index (χ4n) is 2.13. The molecule has 0 saturated heterocycles. The first kappa shape index (κ1) is 14.3. The van der Waals surface area contributed by atoms with Gasteiger partial charge in [-0.05, 0) is 43.7 Å². The molecule has 0 radical (unpaired) electrons. The van der Waals surface area contributed by atoms with Gasteiger partial charge in [-0.3, -0.25) is 0 Å². The fourth-order valence-corrected chi connectivity index (χ4v) is 2.13. The lowest BCUT2D eigenvalue weighted by molar-refractivity contribution is 0.397. The van der Waals surface area contributed by atoms with E-state index in [9.17, 15) is 0 Å². The molecule has 0 aliphatic carbocycles. The highest BCUT2D eigenvalue weighted by molar-refractivity contribution is 5.46. The van der Waals surface area contributed by atoms with Gasteiger partial charge < -0.3 is 15.2 Å². The zero-order valence-corrected chi connectivity index (χ0v) is 12.2. The summed E-state index contributed by atoms with van der Waals surface area (Å²) in [7, 11) is 3.25. The minimum atomic E-state index is -0.339. The van der Waals surface area contributed by atoms with E-state index in [1.165, 1.54) is 0 Å². The molecule has 2 rings (SSSR count). The van der Waals surface area contributed by atoms with E-state index in [2.05, 4.69) is 10.2 Å². The van der Waals surface area contributed by atoms with Crippen LogP contribution < -0.4 is 15.2 Å². The van der Waals surface area contributed by atoms with Crippen molar-refractivity contribution in [1.29, 1.82) is 0 Å². The second-order valence-corrected chi connectivity index (χ2v) is 4.61. The summed E-state index contributed by atoms with van der Waals surface area (Å²) in [5.41, 5.74) is 9.83. The van der Waals surface area contributed by atoms with E-state index in [0.717, 1.165) is 34.0 Å². The average Bonchev–Trinajstić information content (AvgIpc) is 2.48. The number of aromatic nitrogens is 2. The van der Waals surface area contributed by atoms with Crippen LogP contribution in [0.15, 0.2) is 24.3 Å². The molecular formula is C15H19N3O2. The van der Waals surface area contributed by atoms with Crippen molar-refractivity contribution in [3.63, 3.8) is 0 Å². The molecule has 2 aromatic rings. The highest BCUT2D eigenvalue weighted by Gasteiger charge is 2.18. The van der Waals surface area contributed by atoms with Gasteiger partial charge in [-0.2, -0.15) is 10.2 Å². The van der Waals surface area contributed by atoms with Crippen LogP contribution in [-0.4, -0.2) is 24.4 Å². The molecule has 2 N–H and O–H groups in total. The summed E-state index contributed by atoms with van der Waals surface area (Å²) in [5, 5.41) is 8.15. The summed E-state index contributed by atoms with van der Waals surface area (Å²) in [4.78, 5) is 0. The van der Waals surface area contributed by atoms with Gasteiger partial charge in [0.05, 0.1) is 31.6 Å². The molecule has 5 nitrogen and oxygen atoms in total. The zero-order valence-electron chi connectivity index (χ0n) is 12.2. The first-order valence-corrected chi connectivity index (χ1v) is 6.35. The second-order valence-electron chi connectivity index (χ2n) is 4.61. The Morgan fingerprint density at radius 3 is 2.40 bits per heavy atom. The molecule has 0 spiro atoms. The normalized spacial score (nSPS) is 12.1. The maximum absolute atomic E-state index is 6.38. The predicted octanol–water partition coefficient (Wildman–Crippen LogP) is 2.16. The van der Waals surface area contributed by atoms with Gasteiger partial charge in [0.2, 0.25) is 0 Å². The number of ether oxygens (including phenoxy) is 2. The van der Waals surface area contributed by atoms with Crippen LogP contribution in [0.1, 0.15) is 28.6 Å². The fraction of sp³-hybridized carbons (Fsp3) is 0.333. The van der Waals surface area contributed by atoms with Crippen molar-refractivity contribution in [3.8, 4) is 11.5 Å². The highest BCUT2D eigenvalue weighted by Crippen LogP contribution is 2.32. The van der Waals surface area contributed by atoms with Crippen LogP contribution in [0.5, 0.6) is 11.5 Å². The van der Waals surface area contributed by atoms with Crippen LogP contribution in [0.25, 0.3) is 0 Å². The average molecular weight is 273 g/mol. The van der Waals surface area contributed by atoms with Crippen molar-refractivity contribution in [2.24, 2.45) is 5.73 Å². The van der Waals surface area contributed by atoms with Crippen molar-refractivity contribution < 1.29 is 9.47 Å². The Balaban J connectivity index is 2.51. The third-order valence-electron chi connectivity index (χ3n) is 3.25. The van der Waals surface area contributed by atoms with E-state index in [-0.39, 0.29) is 6.04 Å². The number of aryl methyl sites for hydroxylation is 2. The molecule has 106 valence electrons. The monoisotopic (exact) mass is 273 g/mol. The van der Waals surface area contributed by atoms with Gasteiger partial charge >= 0.3 is 0 Å². The van der Waals surface area contributed by atoms with E-state index in [0.29, 0.717) is 0 Å². The molecular weight excluding hydrogens is 254 g/mol. The molecule has 0 saturated carbocycles. The van der Waals surface area contributed by atoms with Gasteiger partial charge in [0.25, 0.3) is 0 Å². The molecule has 20 heavy (non-hydrogen) atoms. The maximum atomic E-state index is 6.38. The second kappa shape index (κ2) is 5.88. The lowest BCUT2D eigenvalue weighted by Gasteiger charge is -2.18. The molecule has 0 fully saturated rings. The van der Waals surface area contributed by atoms with Crippen molar-refractivity contribution >= 4 is 0 Å². The molecule has 1 aromatic carbocycles. The number of nitrogens with two attached hydrogens (primary N) is 1. The molecule has 1 atom stereocenters. The lowest BCUT2D eigenvalue weighted by atomic mass is 9.97. The molecule has 0 aliphatic heterocycles. The van der Waals surface area contributed by atoms with E-state index in [1.54, 1.807) is 14.2 Å². The first-order valence-electron chi connectivity index (χ1n) is 6.35. The number of rotatable bonds is 4. The van der Waals surface area contributed by atoms with Gasteiger partial charge in [0.15, 0.2) is 0 Å². The SMILES string of the molecule is COc1ccc(OC)c(C(N)c2cc(C)nnc2C)c1. The zero-order chi connectivity index (χ0) is 14.7. The topological polar surface area (TPSA) is 70.3 Å². The van der Waals surface area contributed by atoms with Gasteiger partial charge in [-0.1, -0.05) is 0 Å².